The van der Waals surface area contributed by atoms with Gasteiger partial charge in [0.05, 0.1) is 10.6 Å². The second-order valence-electron chi connectivity index (χ2n) is 9.86. The third-order valence-electron chi connectivity index (χ3n) is 6.88. The molecule has 1 N–H and O–H groups in total. The molecular weight excluding hydrogens is 614 g/mol. The van der Waals surface area contributed by atoms with Crippen LogP contribution in [0.1, 0.15) is 23.6 Å². The molecule has 0 radical (unpaired) electrons. The highest BCUT2D eigenvalue weighted by Gasteiger charge is 2.34. The molecule has 0 fully saturated rings. The standard InChI is InChI=1S/C33H34BrN3O4S/c1-3-35-33(39)31(22-26-13-6-4-7-14-26)36(23-27-18-20-28(34)21-19-27)32(38)24-37(30-17-11-10-12-25(30)2)42(40,41)29-15-8-5-9-16-29/h4-21,31H,3,22-24H2,1-2H3,(H,35,39)/t31-/m1/s1. The number of likely N-dealkylation sites (N-methyl/N-ethyl adjacent to an activating group) is 1. The van der Waals surface area contributed by atoms with E-state index in [1.165, 1.54) is 17.0 Å². The van der Waals surface area contributed by atoms with Crippen LogP contribution in [0.5, 0.6) is 0 Å². The minimum atomic E-state index is -4.12. The van der Waals surface area contributed by atoms with E-state index < -0.39 is 28.5 Å². The van der Waals surface area contributed by atoms with E-state index in [1.807, 2.05) is 67.6 Å². The summed E-state index contributed by atoms with van der Waals surface area (Å²) in [5.41, 5.74) is 2.79. The number of benzene rings is 4. The first-order valence-corrected chi connectivity index (χ1v) is 15.9. The molecule has 4 aromatic rings. The number of nitrogens with zero attached hydrogens (tertiary/aromatic N) is 2. The molecule has 4 rings (SSSR count). The first-order valence-electron chi connectivity index (χ1n) is 13.7. The lowest BCUT2D eigenvalue weighted by Crippen LogP contribution is -2.53. The molecule has 218 valence electrons. The molecule has 0 aliphatic heterocycles. The smallest absolute Gasteiger partial charge is 0.264 e. The van der Waals surface area contributed by atoms with Crippen molar-refractivity contribution in [1.82, 2.24) is 10.2 Å². The van der Waals surface area contributed by atoms with Gasteiger partial charge in [-0.25, -0.2) is 8.42 Å². The largest absolute Gasteiger partial charge is 0.355 e. The number of rotatable bonds is 12. The highest BCUT2D eigenvalue weighted by molar-refractivity contribution is 9.10. The maximum absolute atomic E-state index is 14.4. The zero-order valence-electron chi connectivity index (χ0n) is 23.6. The van der Waals surface area contributed by atoms with Crippen LogP contribution in [0.25, 0.3) is 0 Å². The van der Waals surface area contributed by atoms with Gasteiger partial charge in [0.25, 0.3) is 10.0 Å². The quantitative estimate of drug-likeness (QED) is 0.213. The lowest BCUT2D eigenvalue weighted by atomic mass is 10.0. The van der Waals surface area contributed by atoms with Crippen LogP contribution in [-0.4, -0.2) is 44.3 Å². The Bertz CT molecular complexity index is 1600. The molecule has 0 aliphatic carbocycles. The van der Waals surface area contributed by atoms with Crippen molar-refractivity contribution in [2.75, 3.05) is 17.4 Å². The summed E-state index contributed by atoms with van der Waals surface area (Å²) in [6.45, 7) is 3.66. The molecule has 0 heterocycles. The van der Waals surface area contributed by atoms with Gasteiger partial charge in [0.2, 0.25) is 11.8 Å². The topological polar surface area (TPSA) is 86.8 Å². The second-order valence-corrected chi connectivity index (χ2v) is 12.6. The summed E-state index contributed by atoms with van der Waals surface area (Å²) < 4.78 is 30.0. The van der Waals surface area contributed by atoms with Crippen molar-refractivity contribution in [2.45, 2.75) is 37.8 Å². The first kappa shape index (κ1) is 31.0. The Balaban J connectivity index is 1.79. The van der Waals surface area contributed by atoms with Crippen LogP contribution in [-0.2, 0) is 32.6 Å². The molecule has 2 amide bonds. The summed E-state index contributed by atoms with van der Waals surface area (Å²) >= 11 is 3.45. The van der Waals surface area contributed by atoms with Crippen molar-refractivity contribution < 1.29 is 18.0 Å². The van der Waals surface area contributed by atoms with Gasteiger partial charge in [-0.15, -0.1) is 0 Å². The summed E-state index contributed by atoms with van der Waals surface area (Å²) in [6, 6.07) is 31.2. The molecule has 0 saturated heterocycles. The van der Waals surface area contributed by atoms with Crippen LogP contribution in [0.15, 0.2) is 119 Å². The van der Waals surface area contributed by atoms with Crippen molar-refractivity contribution in [3.63, 3.8) is 0 Å². The number of amides is 2. The fourth-order valence-electron chi connectivity index (χ4n) is 4.71. The average Bonchev–Trinajstić information content (AvgIpc) is 3.00. The van der Waals surface area contributed by atoms with Crippen molar-refractivity contribution in [2.24, 2.45) is 0 Å². The van der Waals surface area contributed by atoms with E-state index in [1.54, 1.807) is 43.3 Å². The molecule has 0 aliphatic rings. The van der Waals surface area contributed by atoms with E-state index in [9.17, 15) is 18.0 Å². The molecule has 4 aromatic carbocycles. The SMILES string of the molecule is CCNC(=O)[C@@H](Cc1ccccc1)N(Cc1ccc(Br)cc1)C(=O)CN(c1ccccc1C)S(=O)(=O)c1ccccc1. The van der Waals surface area contributed by atoms with Gasteiger partial charge in [-0.2, -0.15) is 0 Å². The normalized spacial score (nSPS) is 11.9. The lowest BCUT2D eigenvalue weighted by molar-refractivity contribution is -0.140. The summed E-state index contributed by atoms with van der Waals surface area (Å²) in [7, 11) is -4.12. The highest BCUT2D eigenvalue weighted by Crippen LogP contribution is 2.27. The fourth-order valence-corrected chi connectivity index (χ4v) is 6.47. The summed E-state index contributed by atoms with van der Waals surface area (Å²) in [5.74, 6) is -0.798. The molecular formula is C33H34BrN3O4S. The highest BCUT2D eigenvalue weighted by atomic mass is 79.9. The van der Waals surface area contributed by atoms with E-state index in [2.05, 4.69) is 21.2 Å². The van der Waals surface area contributed by atoms with E-state index in [0.29, 0.717) is 17.8 Å². The number of sulfonamides is 1. The number of aryl methyl sites for hydroxylation is 1. The lowest BCUT2D eigenvalue weighted by Gasteiger charge is -2.34. The number of nitrogens with one attached hydrogen (secondary N) is 1. The number of carbonyl (C=O) groups excluding carboxylic acids is 2. The van der Waals surface area contributed by atoms with Gasteiger partial charge in [-0.05, 0) is 60.9 Å². The number of para-hydroxylation sites is 1. The molecule has 1 atom stereocenters. The minimum Gasteiger partial charge on any atom is -0.355 e. The summed E-state index contributed by atoms with van der Waals surface area (Å²) in [4.78, 5) is 29.4. The third-order valence-corrected chi connectivity index (χ3v) is 9.19. The van der Waals surface area contributed by atoms with Crippen molar-refractivity contribution in [3.8, 4) is 0 Å². The predicted octanol–water partition coefficient (Wildman–Crippen LogP) is 5.73. The van der Waals surface area contributed by atoms with Crippen LogP contribution in [0.4, 0.5) is 5.69 Å². The minimum absolute atomic E-state index is 0.0741. The monoisotopic (exact) mass is 647 g/mol. The Kier molecular flexibility index (Phi) is 10.5. The van der Waals surface area contributed by atoms with Crippen molar-refractivity contribution in [3.05, 3.63) is 130 Å². The van der Waals surface area contributed by atoms with Gasteiger partial charge in [0.1, 0.15) is 12.6 Å². The fraction of sp³-hybridized carbons (Fsp3) is 0.212. The van der Waals surface area contributed by atoms with Crippen LogP contribution in [0, 0.1) is 6.92 Å². The molecule has 0 aromatic heterocycles. The van der Waals surface area contributed by atoms with Crippen LogP contribution < -0.4 is 9.62 Å². The number of halogens is 1. The van der Waals surface area contributed by atoms with Gasteiger partial charge < -0.3 is 10.2 Å². The Morgan fingerprint density at radius 2 is 1.40 bits per heavy atom. The zero-order chi connectivity index (χ0) is 30.1. The summed E-state index contributed by atoms with van der Waals surface area (Å²) in [5, 5.41) is 2.87. The number of hydrogen-bond donors (Lipinski definition) is 1. The van der Waals surface area contributed by atoms with Gasteiger partial charge >= 0.3 is 0 Å². The molecule has 7 nitrogen and oxygen atoms in total. The van der Waals surface area contributed by atoms with E-state index in [0.717, 1.165) is 19.9 Å². The molecule has 42 heavy (non-hydrogen) atoms. The van der Waals surface area contributed by atoms with E-state index in [4.69, 9.17) is 0 Å². The summed E-state index contributed by atoms with van der Waals surface area (Å²) in [6.07, 6.45) is 0.269. The maximum atomic E-state index is 14.4. The van der Waals surface area contributed by atoms with Crippen molar-refractivity contribution >= 4 is 43.5 Å². The Labute approximate surface area is 256 Å². The second kappa shape index (κ2) is 14.3. The Hall–Kier alpha value is -3.95. The maximum Gasteiger partial charge on any atom is 0.264 e. The molecule has 0 spiro atoms. The van der Waals surface area contributed by atoms with Gasteiger partial charge in [-0.1, -0.05) is 94.8 Å². The first-order chi connectivity index (χ1) is 20.2. The van der Waals surface area contributed by atoms with Gasteiger partial charge in [0, 0.05) is 24.0 Å². The molecule has 9 heteroatoms. The van der Waals surface area contributed by atoms with E-state index in [-0.39, 0.29) is 23.8 Å². The Morgan fingerprint density at radius 1 is 0.810 bits per heavy atom. The molecule has 0 saturated carbocycles. The molecule has 0 bridgehead atoms. The number of hydrogen-bond acceptors (Lipinski definition) is 4. The third kappa shape index (κ3) is 7.66. The zero-order valence-corrected chi connectivity index (χ0v) is 26.0. The van der Waals surface area contributed by atoms with E-state index >= 15 is 0 Å². The Morgan fingerprint density at radius 3 is 2.02 bits per heavy atom. The van der Waals surface area contributed by atoms with Gasteiger partial charge in [0.15, 0.2) is 0 Å². The van der Waals surface area contributed by atoms with Gasteiger partial charge in [-0.3, -0.25) is 13.9 Å². The van der Waals surface area contributed by atoms with Crippen LogP contribution >= 0.6 is 15.9 Å². The number of carbonyl (C=O) groups is 2. The molecule has 0 unspecified atom stereocenters. The van der Waals surface area contributed by atoms with Crippen LogP contribution in [0.3, 0.4) is 0 Å². The predicted molar refractivity (Wildman–Crippen MR) is 169 cm³/mol. The number of anilines is 1. The van der Waals surface area contributed by atoms with Crippen LogP contribution in [0.2, 0.25) is 0 Å². The van der Waals surface area contributed by atoms with Crippen molar-refractivity contribution in [1.29, 1.82) is 0 Å². The average molecular weight is 649 g/mol.